The normalized spacial score (nSPS) is 25.6. The van der Waals surface area contributed by atoms with E-state index >= 15 is 0 Å². The van der Waals surface area contributed by atoms with Gasteiger partial charge in [0.1, 0.15) is 48.8 Å². The highest BCUT2D eigenvalue weighted by atomic mass is 16.7. The summed E-state index contributed by atoms with van der Waals surface area (Å²) in [6.45, 7) is 2.88. The summed E-state index contributed by atoms with van der Waals surface area (Å²) in [4.78, 5) is 13.3. The summed E-state index contributed by atoms with van der Waals surface area (Å²) < 4.78 is 22.8. The molecule has 0 saturated carbocycles. The molecular formula is C58H111NO13. The number of ether oxygens (including phenoxy) is 4. The molecular weight excluding hydrogens is 919 g/mol. The fourth-order valence-electron chi connectivity index (χ4n) is 10.1. The molecule has 2 saturated heterocycles. The summed E-state index contributed by atoms with van der Waals surface area (Å²) in [6, 6.07) is -0.828. The van der Waals surface area contributed by atoms with Crippen molar-refractivity contribution in [1.29, 1.82) is 0 Å². The Bertz CT molecular complexity index is 1260. The van der Waals surface area contributed by atoms with Crippen LogP contribution in [0.4, 0.5) is 0 Å². The lowest BCUT2D eigenvalue weighted by Gasteiger charge is -2.46. The molecule has 2 aliphatic rings. The predicted molar refractivity (Wildman–Crippen MR) is 286 cm³/mol. The van der Waals surface area contributed by atoms with Crippen LogP contribution < -0.4 is 5.32 Å². The first-order valence-electron chi connectivity index (χ1n) is 29.9. The summed E-state index contributed by atoms with van der Waals surface area (Å²) in [6.07, 6.45) is 33.5. The van der Waals surface area contributed by atoms with Gasteiger partial charge < -0.3 is 65.1 Å². The van der Waals surface area contributed by atoms with Gasteiger partial charge in [-0.3, -0.25) is 4.79 Å². The Morgan fingerprint density at radius 1 is 0.486 bits per heavy atom. The summed E-state index contributed by atoms with van der Waals surface area (Å²) in [7, 11) is 0. The molecule has 14 nitrogen and oxygen atoms in total. The molecule has 72 heavy (non-hydrogen) atoms. The first kappa shape index (κ1) is 66.8. The van der Waals surface area contributed by atoms with E-state index in [9.17, 15) is 45.6 Å². The van der Waals surface area contributed by atoms with Gasteiger partial charge >= 0.3 is 0 Å². The monoisotopic (exact) mass is 1030 g/mol. The van der Waals surface area contributed by atoms with Crippen LogP contribution in [0.2, 0.25) is 0 Å². The minimum Gasteiger partial charge on any atom is -0.394 e. The molecule has 2 rings (SSSR count). The van der Waals surface area contributed by atoms with Crippen LogP contribution in [0.3, 0.4) is 0 Å². The van der Waals surface area contributed by atoms with E-state index in [-0.39, 0.29) is 12.5 Å². The second kappa shape index (κ2) is 44.8. The number of nitrogens with one attached hydrogen (secondary N) is 1. The number of hydrogen-bond acceptors (Lipinski definition) is 13. The van der Waals surface area contributed by atoms with Crippen LogP contribution in [-0.2, 0) is 23.7 Å². The molecule has 0 aromatic rings. The third kappa shape index (κ3) is 30.5. The van der Waals surface area contributed by atoms with Crippen molar-refractivity contribution in [3.8, 4) is 0 Å². The lowest BCUT2D eigenvalue weighted by atomic mass is 9.97. The van der Waals surface area contributed by atoms with E-state index in [0.29, 0.717) is 12.8 Å². The lowest BCUT2D eigenvalue weighted by molar-refractivity contribution is -0.359. The standard InChI is InChI=1S/C58H111NO13/c1-3-5-7-9-11-13-15-17-19-21-22-23-24-26-27-29-31-33-35-37-39-41-47(62)46(59-50(63)42-40-38-36-34-32-30-28-25-20-18-16-14-12-10-8-6-4-2)45-69-57-55(68)53(66)56(49(44-61)71-57)72-58-54(67)52(65)51(64)48(43-60)70-58/h18,20,46-49,51-58,60-62,64-68H,3-17,19,21-45H2,1-2H3,(H,59,63)/b20-18-. The number of aliphatic hydroxyl groups excluding tert-OH is 8. The third-order valence-corrected chi connectivity index (χ3v) is 15.0. The van der Waals surface area contributed by atoms with Gasteiger partial charge in [-0.2, -0.15) is 0 Å². The number of rotatable bonds is 48. The highest BCUT2D eigenvalue weighted by Crippen LogP contribution is 2.30. The molecule has 12 atom stereocenters. The lowest BCUT2D eigenvalue weighted by Crippen LogP contribution is -2.65. The maximum absolute atomic E-state index is 13.3. The van der Waals surface area contributed by atoms with Gasteiger partial charge in [-0.1, -0.05) is 225 Å². The van der Waals surface area contributed by atoms with Gasteiger partial charge in [0.2, 0.25) is 5.91 Å². The maximum atomic E-state index is 13.3. The summed E-state index contributed by atoms with van der Waals surface area (Å²) in [5, 5.41) is 87.3. The average Bonchev–Trinajstić information content (AvgIpc) is 3.38. The molecule has 0 aromatic carbocycles. The van der Waals surface area contributed by atoms with Crippen LogP contribution in [0, 0.1) is 0 Å². The Hall–Kier alpha value is -1.27. The average molecular weight is 1030 g/mol. The molecule has 1 amide bonds. The van der Waals surface area contributed by atoms with Crippen LogP contribution in [0.25, 0.3) is 0 Å². The van der Waals surface area contributed by atoms with Crippen LogP contribution in [-0.4, -0.2) is 140 Å². The van der Waals surface area contributed by atoms with Crippen molar-refractivity contribution in [3.63, 3.8) is 0 Å². The zero-order valence-electron chi connectivity index (χ0n) is 45.7. The fourth-order valence-corrected chi connectivity index (χ4v) is 10.1. The molecule has 0 radical (unpaired) electrons. The number of aliphatic hydroxyl groups is 8. The zero-order valence-corrected chi connectivity index (χ0v) is 45.7. The first-order valence-corrected chi connectivity index (χ1v) is 29.9. The molecule has 9 N–H and O–H groups in total. The Labute approximate surface area is 437 Å². The first-order chi connectivity index (χ1) is 35.1. The number of hydrogen-bond donors (Lipinski definition) is 9. The third-order valence-electron chi connectivity index (χ3n) is 15.0. The molecule has 14 heteroatoms. The van der Waals surface area contributed by atoms with E-state index < -0.39 is 86.8 Å². The van der Waals surface area contributed by atoms with Crippen molar-refractivity contribution in [2.75, 3.05) is 19.8 Å². The summed E-state index contributed by atoms with van der Waals surface area (Å²) >= 11 is 0. The predicted octanol–water partition coefficient (Wildman–Crippen LogP) is 9.89. The van der Waals surface area contributed by atoms with Crippen molar-refractivity contribution in [1.82, 2.24) is 5.32 Å². The van der Waals surface area contributed by atoms with E-state index in [0.717, 1.165) is 57.8 Å². The Kier molecular flexibility index (Phi) is 41.6. The highest BCUT2D eigenvalue weighted by molar-refractivity contribution is 5.76. The van der Waals surface area contributed by atoms with E-state index in [1.54, 1.807) is 0 Å². The molecule has 0 bridgehead atoms. The molecule has 0 spiro atoms. The largest absolute Gasteiger partial charge is 0.394 e. The molecule has 12 unspecified atom stereocenters. The van der Waals surface area contributed by atoms with E-state index in [1.165, 1.54) is 173 Å². The van der Waals surface area contributed by atoms with Gasteiger partial charge in [-0.05, 0) is 38.5 Å². The van der Waals surface area contributed by atoms with Crippen molar-refractivity contribution in [2.24, 2.45) is 0 Å². The Morgan fingerprint density at radius 3 is 1.32 bits per heavy atom. The number of allylic oxidation sites excluding steroid dienone is 2. The summed E-state index contributed by atoms with van der Waals surface area (Å²) in [5.74, 6) is -0.208. The van der Waals surface area contributed by atoms with Gasteiger partial charge in [-0.25, -0.2) is 0 Å². The van der Waals surface area contributed by atoms with Crippen molar-refractivity contribution in [3.05, 3.63) is 12.2 Å². The van der Waals surface area contributed by atoms with Gasteiger partial charge in [-0.15, -0.1) is 0 Å². The zero-order chi connectivity index (χ0) is 52.4. The quantitative estimate of drug-likeness (QED) is 0.0205. The minimum atomic E-state index is -1.78. The van der Waals surface area contributed by atoms with Gasteiger partial charge in [0.05, 0.1) is 32.0 Å². The Balaban J connectivity index is 1.75. The molecule has 2 fully saturated rings. The van der Waals surface area contributed by atoms with Gasteiger partial charge in [0.25, 0.3) is 0 Å². The number of carbonyl (C=O) groups excluding carboxylic acids is 1. The van der Waals surface area contributed by atoms with Crippen LogP contribution in [0.1, 0.15) is 258 Å². The van der Waals surface area contributed by atoms with Gasteiger partial charge in [0, 0.05) is 6.42 Å². The van der Waals surface area contributed by atoms with Crippen molar-refractivity contribution < 1.29 is 64.6 Å². The Morgan fingerprint density at radius 2 is 0.875 bits per heavy atom. The van der Waals surface area contributed by atoms with Gasteiger partial charge in [0.15, 0.2) is 12.6 Å². The number of unbranched alkanes of at least 4 members (excludes halogenated alkanes) is 33. The van der Waals surface area contributed by atoms with E-state index in [4.69, 9.17) is 18.9 Å². The molecule has 426 valence electrons. The second-order valence-corrected chi connectivity index (χ2v) is 21.5. The highest BCUT2D eigenvalue weighted by Gasteiger charge is 2.51. The van der Waals surface area contributed by atoms with Crippen LogP contribution >= 0.6 is 0 Å². The minimum absolute atomic E-state index is 0.208. The second-order valence-electron chi connectivity index (χ2n) is 21.5. The number of carbonyl (C=O) groups is 1. The topological polar surface area (TPSA) is 228 Å². The molecule has 2 heterocycles. The van der Waals surface area contributed by atoms with Crippen LogP contribution in [0.5, 0.6) is 0 Å². The molecule has 0 aromatic heterocycles. The smallest absolute Gasteiger partial charge is 0.220 e. The molecule has 0 aliphatic carbocycles. The van der Waals surface area contributed by atoms with E-state index in [2.05, 4.69) is 31.3 Å². The van der Waals surface area contributed by atoms with E-state index in [1.807, 2.05) is 0 Å². The SMILES string of the molecule is CCCCCCCC/C=C\CCCCCCCCCC(=O)NC(COC1OC(CO)C(OC2OC(CO)C(O)C(O)C2O)C(O)C1O)C(O)CCCCCCCCCCCCCCCCCCCCCCC. The van der Waals surface area contributed by atoms with Crippen molar-refractivity contribution in [2.45, 2.75) is 331 Å². The van der Waals surface area contributed by atoms with Crippen molar-refractivity contribution >= 4 is 5.91 Å². The fraction of sp³-hybridized carbons (Fsp3) is 0.948. The van der Waals surface area contributed by atoms with Crippen LogP contribution in [0.15, 0.2) is 12.2 Å². The summed E-state index contributed by atoms with van der Waals surface area (Å²) in [5.41, 5.74) is 0. The molecule has 2 aliphatic heterocycles. The number of amides is 1. The maximum Gasteiger partial charge on any atom is 0.220 e.